The van der Waals surface area contributed by atoms with Crippen molar-refractivity contribution in [3.8, 4) is 0 Å². The number of pyridine rings is 1. The maximum absolute atomic E-state index is 12.5. The topological polar surface area (TPSA) is 71.1 Å². The van der Waals surface area contributed by atoms with Crippen molar-refractivity contribution in [2.45, 2.75) is 44.4 Å². The van der Waals surface area contributed by atoms with Crippen molar-refractivity contribution in [3.63, 3.8) is 0 Å². The van der Waals surface area contributed by atoms with E-state index in [9.17, 15) is 8.42 Å². The van der Waals surface area contributed by atoms with Crippen molar-refractivity contribution >= 4 is 15.8 Å². The third-order valence-corrected chi connectivity index (χ3v) is 5.47. The van der Waals surface area contributed by atoms with E-state index in [-0.39, 0.29) is 4.90 Å². The molecule has 0 aromatic carbocycles. The van der Waals surface area contributed by atoms with Gasteiger partial charge in [-0.2, -0.15) is 0 Å². The van der Waals surface area contributed by atoms with Gasteiger partial charge in [0, 0.05) is 19.3 Å². The van der Waals surface area contributed by atoms with Crippen LogP contribution in [0.4, 0.5) is 5.82 Å². The summed E-state index contributed by atoms with van der Waals surface area (Å²) in [4.78, 5) is 4.34. The fourth-order valence-corrected chi connectivity index (χ4v) is 4.21. The molecule has 0 radical (unpaired) electrons. The smallest absolute Gasteiger partial charge is 0.244 e. The summed E-state index contributed by atoms with van der Waals surface area (Å²) >= 11 is 0. The zero-order chi connectivity index (χ0) is 15.3. The van der Waals surface area contributed by atoms with Gasteiger partial charge in [0.1, 0.15) is 10.7 Å². The van der Waals surface area contributed by atoms with Crippen LogP contribution in [0.2, 0.25) is 0 Å². The van der Waals surface area contributed by atoms with E-state index in [2.05, 4.69) is 21.9 Å². The molecule has 0 spiro atoms. The van der Waals surface area contributed by atoms with E-state index in [0.717, 1.165) is 12.8 Å². The standard InChI is InChI=1S/C15H25N3O2S/c1-3-16-15-14(8-5-9-17-15)21(19,20)18-11-13-7-4-6-12(2)10-13/h5,8-9,12-13,18H,3-4,6-7,10-11H2,1-2H3,(H,16,17). The summed E-state index contributed by atoms with van der Waals surface area (Å²) in [5.41, 5.74) is 0. The molecule has 0 saturated heterocycles. The quantitative estimate of drug-likeness (QED) is 0.847. The van der Waals surface area contributed by atoms with Crippen molar-refractivity contribution in [1.82, 2.24) is 9.71 Å². The summed E-state index contributed by atoms with van der Waals surface area (Å²) in [6.45, 7) is 5.32. The fraction of sp³-hybridized carbons (Fsp3) is 0.667. The SMILES string of the molecule is CCNc1ncccc1S(=O)(=O)NCC1CCCC(C)C1. The van der Waals surface area contributed by atoms with Gasteiger partial charge in [0.15, 0.2) is 0 Å². The van der Waals surface area contributed by atoms with Crippen molar-refractivity contribution in [3.05, 3.63) is 18.3 Å². The number of nitrogens with one attached hydrogen (secondary N) is 2. The van der Waals surface area contributed by atoms with Gasteiger partial charge < -0.3 is 5.32 Å². The van der Waals surface area contributed by atoms with Gasteiger partial charge in [-0.1, -0.05) is 19.8 Å². The Hall–Kier alpha value is -1.14. The van der Waals surface area contributed by atoms with Crippen LogP contribution in [0.3, 0.4) is 0 Å². The molecule has 1 aliphatic rings. The molecule has 118 valence electrons. The molecule has 0 aliphatic heterocycles. The maximum Gasteiger partial charge on any atom is 0.244 e. The molecule has 1 heterocycles. The number of nitrogens with zero attached hydrogens (tertiary/aromatic N) is 1. The number of sulfonamides is 1. The van der Waals surface area contributed by atoms with Crippen LogP contribution < -0.4 is 10.0 Å². The van der Waals surface area contributed by atoms with Crippen molar-refractivity contribution in [2.24, 2.45) is 11.8 Å². The summed E-state index contributed by atoms with van der Waals surface area (Å²) in [6, 6.07) is 3.24. The van der Waals surface area contributed by atoms with Gasteiger partial charge in [-0.05, 0) is 43.7 Å². The van der Waals surface area contributed by atoms with E-state index in [1.54, 1.807) is 18.3 Å². The summed E-state index contributed by atoms with van der Waals surface area (Å²) in [6.07, 6.45) is 6.27. The molecule has 0 amide bonds. The number of hydrogen-bond donors (Lipinski definition) is 2. The molecule has 21 heavy (non-hydrogen) atoms. The highest BCUT2D eigenvalue weighted by Crippen LogP contribution is 2.28. The maximum atomic E-state index is 12.5. The van der Waals surface area contributed by atoms with Crippen LogP contribution in [0.15, 0.2) is 23.2 Å². The predicted molar refractivity (Wildman–Crippen MR) is 84.7 cm³/mol. The Bertz CT molecular complexity index is 560. The number of anilines is 1. The summed E-state index contributed by atoms with van der Waals surface area (Å²) in [5, 5.41) is 3.00. The lowest BCUT2D eigenvalue weighted by atomic mass is 9.83. The van der Waals surface area contributed by atoms with E-state index in [1.165, 1.54) is 12.8 Å². The predicted octanol–water partition coefficient (Wildman–Crippen LogP) is 2.62. The van der Waals surface area contributed by atoms with Crippen LogP contribution in [-0.4, -0.2) is 26.5 Å². The van der Waals surface area contributed by atoms with Crippen molar-refractivity contribution in [2.75, 3.05) is 18.4 Å². The Balaban J connectivity index is 2.04. The molecule has 5 nitrogen and oxygen atoms in total. The van der Waals surface area contributed by atoms with Gasteiger partial charge in [0.25, 0.3) is 0 Å². The second-order valence-electron chi connectivity index (χ2n) is 5.87. The molecule has 2 atom stereocenters. The Morgan fingerprint density at radius 1 is 1.38 bits per heavy atom. The van der Waals surface area contributed by atoms with Gasteiger partial charge >= 0.3 is 0 Å². The lowest BCUT2D eigenvalue weighted by Gasteiger charge is -2.26. The zero-order valence-corrected chi connectivity index (χ0v) is 13.6. The average molecular weight is 311 g/mol. The second kappa shape index (κ2) is 7.22. The molecule has 1 aromatic heterocycles. The molecule has 1 fully saturated rings. The third-order valence-electron chi connectivity index (χ3n) is 4.01. The Labute approximate surface area is 127 Å². The number of hydrogen-bond acceptors (Lipinski definition) is 4. The minimum atomic E-state index is -3.50. The minimum absolute atomic E-state index is 0.232. The van der Waals surface area contributed by atoms with Crippen LogP contribution in [0.5, 0.6) is 0 Å². The summed E-state index contributed by atoms with van der Waals surface area (Å²) < 4.78 is 27.7. The zero-order valence-electron chi connectivity index (χ0n) is 12.8. The fourth-order valence-electron chi connectivity index (χ4n) is 2.96. The molecule has 2 rings (SSSR count). The molecule has 1 aromatic rings. The Kier molecular flexibility index (Phi) is 5.58. The molecular weight excluding hydrogens is 286 g/mol. The summed E-state index contributed by atoms with van der Waals surface area (Å²) in [7, 11) is -3.50. The Morgan fingerprint density at radius 3 is 2.90 bits per heavy atom. The lowest BCUT2D eigenvalue weighted by molar-refractivity contribution is 0.283. The first-order chi connectivity index (χ1) is 10.0. The first kappa shape index (κ1) is 16.2. The first-order valence-electron chi connectivity index (χ1n) is 7.71. The highest BCUT2D eigenvalue weighted by atomic mass is 32.2. The monoisotopic (exact) mass is 311 g/mol. The van der Waals surface area contributed by atoms with Gasteiger partial charge in [0.05, 0.1) is 0 Å². The molecule has 6 heteroatoms. The normalized spacial score (nSPS) is 23.0. The van der Waals surface area contributed by atoms with Gasteiger partial charge in [-0.15, -0.1) is 0 Å². The molecule has 1 aliphatic carbocycles. The van der Waals surface area contributed by atoms with E-state index in [0.29, 0.717) is 30.7 Å². The third kappa shape index (κ3) is 4.41. The molecular formula is C15H25N3O2S. The largest absolute Gasteiger partial charge is 0.369 e. The van der Waals surface area contributed by atoms with E-state index < -0.39 is 10.0 Å². The van der Waals surface area contributed by atoms with Crippen LogP contribution in [0, 0.1) is 11.8 Å². The van der Waals surface area contributed by atoms with E-state index in [1.807, 2.05) is 6.92 Å². The molecule has 1 saturated carbocycles. The second-order valence-corrected chi connectivity index (χ2v) is 7.61. The van der Waals surface area contributed by atoms with Crippen molar-refractivity contribution < 1.29 is 8.42 Å². The number of rotatable bonds is 6. The highest BCUT2D eigenvalue weighted by Gasteiger charge is 2.23. The first-order valence-corrected chi connectivity index (χ1v) is 9.19. The molecule has 2 N–H and O–H groups in total. The molecule has 0 bridgehead atoms. The lowest BCUT2D eigenvalue weighted by Crippen LogP contribution is -2.32. The van der Waals surface area contributed by atoms with Crippen LogP contribution in [-0.2, 0) is 10.0 Å². The van der Waals surface area contributed by atoms with Crippen LogP contribution >= 0.6 is 0 Å². The average Bonchev–Trinajstić information content (AvgIpc) is 2.46. The summed E-state index contributed by atoms with van der Waals surface area (Å²) in [5.74, 6) is 1.57. The minimum Gasteiger partial charge on any atom is -0.369 e. The van der Waals surface area contributed by atoms with Crippen LogP contribution in [0.25, 0.3) is 0 Å². The van der Waals surface area contributed by atoms with Crippen molar-refractivity contribution in [1.29, 1.82) is 0 Å². The number of aromatic nitrogens is 1. The highest BCUT2D eigenvalue weighted by molar-refractivity contribution is 7.89. The van der Waals surface area contributed by atoms with Gasteiger partial charge in [-0.3, -0.25) is 0 Å². The Morgan fingerprint density at radius 2 is 2.19 bits per heavy atom. The van der Waals surface area contributed by atoms with Gasteiger partial charge in [0.2, 0.25) is 10.0 Å². The van der Waals surface area contributed by atoms with Gasteiger partial charge in [-0.25, -0.2) is 18.1 Å². The van der Waals surface area contributed by atoms with E-state index in [4.69, 9.17) is 0 Å². The van der Waals surface area contributed by atoms with Crippen LogP contribution in [0.1, 0.15) is 39.5 Å². The van der Waals surface area contributed by atoms with E-state index >= 15 is 0 Å². The molecule has 2 unspecified atom stereocenters.